The van der Waals surface area contributed by atoms with Crippen LogP contribution in [0.25, 0.3) is 0 Å². The molecule has 11 nitrogen and oxygen atoms in total. The molecule has 3 rings (SSSR count). The van der Waals surface area contributed by atoms with Gasteiger partial charge in [-0.15, -0.1) is 0 Å². The van der Waals surface area contributed by atoms with Crippen LogP contribution in [0.3, 0.4) is 0 Å². The number of nitro benzene ring substituents is 1. The molecule has 2 aromatic rings. The fourth-order valence-corrected chi connectivity index (χ4v) is 3.61. The number of methoxy groups -OCH3 is 1. The molecule has 0 spiro atoms. The van der Waals surface area contributed by atoms with Crippen LogP contribution in [0, 0.1) is 37.8 Å². The van der Waals surface area contributed by atoms with Gasteiger partial charge in [-0.2, -0.15) is 0 Å². The third kappa shape index (κ3) is 6.51. The number of nitrogens with zero attached hydrogens (tertiary/aromatic N) is 2. The summed E-state index contributed by atoms with van der Waals surface area (Å²) in [6.45, 7) is 7.10. The second-order valence-electron chi connectivity index (χ2n) is 8.40. The normalized spacial score (nSPS) is 12.6. The summed E-state index contributed by atoms with van der Waals surface area (Å²) < 4.78 is 4.42. The van der Waals surface area contributed by atoms with Crippen molar-refractivity contribution >= 4 is 34.9 Å². The number of fused-ring (bicyclic) bond motifs is 1. The van der Waals surface area contributed by atoms with Crippen LogP contribution in [0.4, 0.5) is 11.4 Å². The number of nitro groups is 1. The number of carbonyl (C=O) groups excluding carboxylic acids is 4. The molecule has 0 radical (unpaired) electrons. The molecular formula is C25H30N4O7. The highest BCUT2D eigenvalue weighted by Gasteiger charge is 2.26. The minimum Gasteiger partial charge on any atom is -0.468 e. The Bertz CT molecular complexity index is 1220. The minimum absolute atomic E-state index is 0.0763. The predicted molar refractivity (Wildman–Crippen MR) is 133 cm³/mol. The molecule has 36 heavy (non-hydrogen) atoms. The van der Waals surface area contributed by atoms with Gasteiger partial charge < -0.3 is 15.0 Å². The zero-order valence-corrected chi connectivity index (χ0v) is 21.2. The Hall–Kier alpha value is -4.12. The summed E-state index contributed by atoms with van der Waals surface area (Å²) in [5.41, 5.74) is 4.42. The van der Waals surface area contributed by atoms with Crippen molar-refractivity contribution in [2.45, 2.75) is 27.7 Å². The van der Waals surface area contributed by atoms with Crippen LogP contribution in [-0.2, 0) is 14.3 Å². The van der Waals surface area contributed by atoms with E-state index in [1.807, 2.05) is 19.9 Å². The molecule has 1 aliphatic heterocycles. The quantitative estimate of drug-likeness (QED) is 0.267. The Morgan fingerprint density at radius 1 is 1.06 bits per heavy atom. The largest absolute Gasteiger partial charge is 0.468 e. The summed E-state index contributed by atoms with van der Waals surface area (Å²) >= 11 is 0. The lowest BCUT2D eigenvalue weighted by Crippen LogP contribution is -2.31. The van der Waals surface area contributed by atoms with E-state index < -0.39 is 16.7 Å². The van der Waals surface area contributed by atoms with Crippen molar-refractivity contribution in [3.63, 3.8) is 0 Å². The Labute approximate surface area is 209 Å². The smallest absolute Gasteiger partial charge is 0.319 e. The number of Topliss-reactive ketones (excluding diaryl/α,β-unsaturated/α-hetero) is 1. The second-order valence-corrected chi connectivity index (χ2v) is 8.40. The van der Waals surface area contributed by atoms with Crippen LogP contribution in [0.5, 0.6) is 0 Å². The third-order valence-corrected chi connectivity index (χ3v) is 5.92. The van der Waals surface area contributed by atoms with Gasteiger partial charge in [-0.3, -0.25) is 34.6 Å². The molecule has 0 aromatic heterocycles. The van der Waals surface area contributed by atoms with Crippen LogP contribution < -0.4 is 10.6 Å². The molecular weight excluding hydrogens is 468 g/mol. The van der Waals surface area contributed by atoms with E-state index in [1.165, 1.54) is 18.1 Å². The van der Waals surface area contributed by atoms with Gasteiger partial charge in [0.2, 0.25) is 5.91 Å². The van der Waals surface area contributed by atoms with Crippen LogP contribution in [0.1, 0.15) is 43.0 Å². The maximum atomic E-state index is 12.1. The number of hydrogen-bond acceptors (Lipinski definition) is 8. The fraction of sp³-hybridized carbons (Fsp3) is 0.360. The lowest BCUT2D eigenvalue weighted by atomic mass is 9.98. The highest BCUT2D eigenvalue weighted by atomic mass is 16.6. The topological polar surface area (TPSA) is 148 Å². The van der Waals surface area contributed by atoms with E-state index in [0.717, 1.165) is 16.7 Å². The van der Waals surface area contributed by atoms with E-state index in [2.05, 4.69) is 15.4 Å². The Morgan fingerprint density at radius 2 is 1.67 bits per heavy atom. The van der Waals surface area contributed by atoms with Crippen molar-refractivity contribution < 1.29 is 28.8 Å². The third-order valence-electron chi connectivity index (χ3n) is 5.92. The number of amides is 2. The zero-order valence-electron chi connectivity index (χ0n) is 21.2. The average Bonchev–Trinajstić information content (AvgIpc) is 2.93. The molecule has 0 unspecified atom stereocenters. The molecule has 0 fully saturated rings. The highest BCUT2D eigenvalue weighted by Crippen LogP contribution is 2.26. The van der Waals surface area contributed by atoms with Crippen molar-refractivity contribution in [2.75, 3.05) is 39.1 Å². The van der Waals surface area contributed by atoms with Crippen molar-refractivity contribution in [1.29, 1.82) is 0 Å². The van der Waals surface area contributed by atoms with E-state index >= 15 is 0 Å². The molecule has 1 heterocycles. The van der Waals surface area contributed by atoms with Gasteiger partial charge in [-0.25, -0.2) is 0 Å². The Kier molecular flexibility index (Phi) is 9.39. The standard InChI is InChI=1S/C13H16N2O5.C12H14N2O2/c1-8-4-5-10(15(18)19)13(9(8)2)11(16)6-14-7-12(17)20-3;1-7-4-5-9-11(8(7)2)12(16)14(3)6-10(15)13-9/h4-5,14H,6-7H2,1-3H3;4-5H,6H2,1-3H3,(H,13,15). The van der Waals surface area contributed by atoms with E-state index in [9.17, 15) is 29.3 Å². The van der Waals surface area contributed by atoms with Crippen molar-refractivity contribution in [1.82, 2.24) is 10.2 Å². The number of carbonyl (C=O) groups is 4. The molecule has 0 saturated heterocycles. The minimum atomic E-state index is -0.583. The molecule has 0 saturated carbocycles. The molecule has 0 aliphatic carbocycles. The van der Waals surface area contributed by atoms with E-state index in [1.54, 1.807) is 33.0 Å². The number of hydrogen-bond donors (Lipinski definition) is 2. The van der Waals surface area contributed by atoms with Gasteiger partial charge in [-0.1, -0.05) is 12.1 Å². The number of ketones is 1. The predicted octanol–water partition coefficient (Wildman–Crippen LogP) is 2.48. The van der Waals surface area contributed by atoms with Crippen molar-refractivity contribution in [2.24, 2.45) is 0 Å². The number of likely N-dealkylation sites (N-methyl/N-ethyl adjacent to an activating group) is 1. The Morgan fingerprint density at radius 3 is 2.28 bits per heavy atom. The van der Waals surface area contributed by atoms with Gasteiger partial charge in [0.25, 0.3) is 11.6 Å². The summed E-state index contributed by atoms with van der Waals surface area (Å²) in [6, 6.07) is 6.61. The molecule has 2 N–H and O–H groups in total. The van der Waals surface area contributed by atoms with Gasteiger partial charge >= 0.3 is 5.97 Å². The molecule has 11 heteroatoms. The summed E-state index contributed by atoms with van der Waals surface area (Å²) in [6.07, 6.45) is 0. The highest BCUT2D eigenvalue weighted by molar-refractivity contribution is 6.09. The summed E-state index contributed by atoms with van der Waals surface area (Å²) in [5, 5.41) is 16.3. The first kappa shape index (κ1) is 28.1. The van der Waals surface area contributed by atoms with E-state index in [-0.39, 0.29) is 42.7 Å². The van der Waals surface area contributed by atoms with E-state index in [4.69, 9.17) is 0 Å². The molecule has 0 atom stereocenters. The molecule has 0 bridgehead atoms. The number of ether oxygens (including phenoxy) is 1. The summed E-state index contributed by atoms with van der Waals surface area (Å²) in [5.74, 6) is -1.19. The molecule has 1 aliphatic rings. The van der Waals surface area contributed by atoms with Gasteiger partial charge in [0, 0.05) is 13.1 Å². The first-order chi connectivity index (χ1) is 16.9. The number of anilines is 1. The Balaban J connectivity index is 0.000000259. The molecule has 192 valence electrons. The summed E-state index contributed by atoms with van der Waals surface area (Å²) in [4.78, 5) is 58.4. The molecule has 2 amide bonds. The number of rotatable bonds is 6. The first-order valence-electron chi connectivity index (χ1n) is 11.1. The first-order valence-corrected chi connectivity index (χ1v) is 11.1. The van der Waals surface area contributed by atoms with Gasteiger partial charge in [0.1, 0.15) is 0 Å². The van der Waals surface area contributed by atoms with Gasteiger partial charge in [0.05, 0.1) is 48.5 Å². The maximum Gasteiger partial charge on any atom is 0.319 e. The lowest BCUT2D eigenvalue weighted by Gasteiger charge is -2.15. The molecule has 2 aromatic carbocycles. The number of nitrogens with one attached hydrogen (secondary N) is 2. The van der Waals surface area contributed by atoms with Crippen LogP contribution in [0.15, 0.2) is 24.3 Å². The zero-order chi connectivity index (χ0) is 27.2. The monoisotopic (exact) mass is 498 g/mol. The van der Waals surface area contributed by atoms with Crippen LogP contribution in [0.2, 0.25) is 0 Å². The lowest BCUT2D eigenvalue weighted by molar-refractivity contribution is -0.385. The van der Waals surface area contributed by atoms with Crippen LogP contribution >= 0.6 is 0 Å². The SMILES string of the molecule is COC(=O)CNCC(=O)c1c([N+](=O)[O-])ccc(C)c1C.Cc1ccc2c(c1C)C(=O)N(C)CC(=O)N2. The number of esters is 1. The number of aryl methyl sites for hydroxylation is 2. The summed E-state index contributed by atoms with van der Waals surface area (Å²) in [7, 11) is 2.88. The van der Waals surface area contributed by atoms with Gasteiger partial charge in [-0.05, 0) is 56.0 Å². The van der Waals surface area contributed by atoms with Crippen molar-refractivity contribution in [3.05, 3.63) is 67.8 Å². The average molecular weight is 499 g/mol. The fourth-order valence-electron chi connectivity index (χ4n) is 3.61. The van der Waals surface area contributed by atoms with E-state index in [0.29, 0.717) is 16.8 Å². The number of benzene rings is 2. The second kappa shape index (κ2) is 12.0. The van der Waals surface area contributed by atoms with Crippen molar-refractivity contribution in [3.8, 4) is 0 Å². The van der Waals surface area contributed by atoms with Gasteiger partial charge in [0.15, 0.2) is 5.78 Å². The maximum absolute atomic E-state index is 12.1. The van der Waals surface area contributed by atoms with Crippen LogP contribution in [-0.4, -0.2) is 67.2 Å².